The number of rotatable bonds is 7. The maximum atomic E-state index is 9.62. The van der Waals surface area contributed by atoms with Crippen molar-refractivity contribution in [3.05, 3.63) is 53.6 Å². The third-order valence-corrected chi connectivity index (χ3v) is 4.84. The van der Waals surface area contributed by atoms with E-state index in [1.807, 2.05) is 24.5 Å². The Bertz CT molecular complexity index is 660. The number of piperidine rings is 1. The number of phenolic OH excluding ortho intramolecular Hbond substituents is 1. The van der Waals surface area contributed by atoms with E-state index in [2.05, 4.69) is 20.9 Å². The fraction of sp³-hybridized carbons (Fsp3) is 0.500. The molecule has 5 nitrogen and oxygen atoms in total. The van der Waals surface area contributed by atoms with Gasteiger partial charge in [-0.3, -0.25) is 4.90 Å². The maximum Gasteiger partial charge on any atom is 0.153 e. The molecule has 1 aliphatic rings. The smallest absolute Gasteiger partial charge is 0.153 e. The highest BCUT2D eigenvalue weighted by atomic mass is 16.5. The first-order chi connectivity index (χ1) is 12.2. The van der Waals surface area contributed by atoms with Gasteiger partial charge in [0, 0.05) is 37.7 Å². The summed E-state index contributed by atoms with van der Waals surface area (Å²) in [5.74, 6) is 1.08. The number of aromatic nitrogens is 2. The number of aromatic hydroxyl groups is 1. The van der Waals surface area contributed by atoms with Crippen molar-refractivity contribution in [1.29, 1.82) is 0 Å². The van der Waals surface area contributed by atoms with Crippen molar-refractivity contribution in [2.75, 3.05) is 13.7 Å². The highest BCUT2D eigenvalue weighted by Gasteiger charge is 2.22. The van der Waals surface area contributed by atoms with Crippen LogP contribution in [-0.4, -0.2) is 39.7 Å². The summed E-state index contributed by atoms with van der Waals surface area (Å²) in [6, 6.07) is 8.19. The van der Waals surface area contributed by atoms with Crippen LogP contribution in [0.4, 0.5) is 0 Å². The predicted molar refractivity (Wildman–Crippen MR) is 97.2 cm³/mol. The monoisotopic (exact) mass is 341 g/mol. The van der Waals surface area contributed by atoms with Gasteiger partial charge in [0.05, 0.1) is 0 Å². The number of phenols is 1. The molecule has 25 heavy (non-hydrogen) atoms. The minimum atomic E-state index is 0.353. The Kier molecular flexibility index (Phi) is 6.36. The van der Waals surface area contributed by atoms with Gasteiger partial charge in [-0.25, -0.2) is 9.97 Å². The summed E-state index contributed by atoms with van der Waals surface area (Å²) in [6.07, 6.45) is 9.74. The Hall–Kier alpha value is -1.98. The molecular weight excluding hydrogens is 314 g/mol. The topological polar surface area (TPSA) is 58.5 Å². The van der Waals surface area contributed by atoms with Crippen LogP contribution >= 0.6 is 0 Å². The number of methoxy groups -OCH3 is 1. The molecule has 3 rings (SSSR count). The molecule has 2 heterocycles. The van der Waals surface area contributed by atoms with Gasteiger partial charge in [-0.1, -0.05) is 18.6 Å². The van der Waals surface area contributed by atoms with Crippen LogP contribution in [0.3, 0.4) is 0 Å². The highest BCUT2D eigenvalue weighted by Crippen LogP contribution is 2.24. The quantitative estimate of drug-likeness (QED) is 0.837. The Morgan fingerprint density at radius 3 is 2.80 bits per heavy atom. The average molecular weight is 341 g/mol. The van der Waals surface area contributed by atoms with E-state index in [4.69, 9.17) is 4.74 Å². The van der Waals surface area contributed by atoms with Gasteiger partial charge >= 0.3 is 0 Å². The summed E-state index contributed by atoms with van der Waals surface area (Å²) in [6.45, 7) is 2.49. The number of aryl methyl sites for hydroxylation is 1. The van der Waals surface area contributed by atoms with Crippen LogP contribution in [0.5, 0.6) is 5.75 Å². The van der Waals surface area contributed by atoms with Crippen LogP contribution in [0.25, 0.3) is 0 Å². The minimum absolute atomic E-state index is 0.353. The van der Waals surface area contributed by atoms with Gasteiger partial charge in [0.15, 0.2) is 5.82 Å². The second kappa shape index (κ2) is 8.92. The third kappa shape index (κ3) is 5.25. The van der Waals surface area contributed by atoms with Gasteiger partial charge in [0.25, 0.3) is 0 Å². The molecule has 1 saturated heterocycles. The summed E-state index contributed by atoms with van der Waals surface area (Å²) in [5, 5.41) is 9.62. The predicted octanol–water partition coefficient (Wildman–Crippen LogP) is 3.32. The van der Waals surface area contributed by atoms with Crippen LogP contribution in [0.1, 0.15) is 42.6 Å². The summed E-state index contributed by atoms with van der Waals surface area (Å²) in [7, 11) is 1.65. The first-order valence-electron chi connectivity index (χ1n) is 9.05. The SMILES string of the molecule is COCc1ncc(CN2CCCC[C@@H]2CCc2cccc(O)c2)cn1. The van der Waals surface area contributed by atoms with E-state index in [0.717, 1.165) is 37.3 Å². The first kappa shape index (κ1) is 17.8. The number of ether oxygens (including phenoxy) is 1. The third-order valence-electron chi connectivity index (χ3n) is 4.84. The van der Waals surface area contributed by atoms with Crippen LogP contribution < -0.4 is 0 Å². The maximum absolute atomic E-state index is 9.62. The number of nitrogens with zero attached hydrogens (tertiary/aromatic N) is 3. The Balaban J connectivity index is 1.58. The molecule has 0 bridgehead atoms. The van der Waals surface area contributed by atoms with Gasteiger partial charge in [-0.15, -0.1) is 0 Å². The van der Waals surface area contributed by atoms with Crippen molar-refractivity contribution in [3.63, 3.8) is 0 Å². The molecule has 0 spiro atoms. The van der Waals surface area contributed by atoms with E-state index in [9.17, 15) is 5.11 Å². The Labute approximate surface area is 149 Å². The first-order valence-corrected chi connectivity index (χ1v) is 9.05. The molecule has 134 valence electrons. The van der Waals surface area contributed by atoms with E-state index in [0.29, 0.717) is 18.4 Å². The zero-order chi connectivity index (χ0) is 17.5. The van der Waals surface area contributed by atoms with Crippen molar-refractivity contribution < 1.29 is 9.84 Å². The normalized spacial score (nSPS) is 18.4. The van der Waals surface area contributed by atoms with Crippen LogP contribution in [0.2, 0.25) is 0 Å². The van der Waals surface area contributed by atoms with Gasteiger partial charge in [0.2, 0.25) is 0 Å². The number of likely N-dealkylation sites (tertiary alicyclic amines) is 1. The summed E-state index contributed by atoms with van der Waals surface area (Å²) in [5.41, 5.74) is 2.36. The molecule has 5 heteroatoms. The van der Waals surface area contributed by atoms with Crippen LogP contribution in [0, 0.1) is 0 Å². The molecule has 0 aliphatic carbocycles. The van der Waals surface area contributed by atoms with Crippen molar-refractivity contribution in [2.45, 2.75) is 51.3 Å². The molecule has 1 aromatic heterocycles. The molecule has 1 N–H and O–H groups in total. The lowest BCUT2D eigenvalue weighted by atomic mass is 9.95. The molecule has 1 aliphatic heterocycles. The molecule has 0 unspecified atom stereocenters. The lowest BCUT2D eigenvalue weighted by Crippen LogP contribution is -2.39. The molecule has 1 aromatic carbocycles. The van der Waals surface area contributed by atoms with Gasteiger partial charge in [0.1, 0.15) is 12.4 Å². The molecule has 0 saturated carbocycles. The van der Waals surface area contributed by atoms with Crippen molar-refractivity contribution in [1.82, 2.24) is 14.9 Å². The zero-order valence-electron chi connectivity index (χ0n) is 14.9. The van der Waals surface area contributed by atoms with Crippen molar-refractivity contribution in [2.24, 2.45) is 0 Å². The van der Waals surface area contributed by atoms with Crippen LogP contribution in [0.15, 0.2) is 36.7 Å². The lowest BCUT2D eigenvalue weighted by Gasteiger charge is -2.35. The number of benzene rings is 1. The van der Waals surface area contributed by atoms with Crippen molar-refractivity contribution >= 4 is 0 Å². The number of hydrogen-bond acceptors (Lipinski definition) is 5. The average Bonchev–Trinajstić information content (AvgIpc) is 2.63. The molecule has 2 aromatic rings. The summed E-state index contributed by atoms with van der Waals surface area (Å²) < 4.78 is 5.06. The van der Waals surface area contributed by atoms with E-state index >= 15 is 0 Å². The second-order valence-corrected chi connectivity index (χ2v) is 6.77. The molecule has 0 radical (unpaired) electrons. The highest BCUT2D eigenvalue weighted by molar-refractivity contribution is 5.27. The van der Waals surface area contributed by atoms with Crippen LogP contribution in [-0.2, 0) is 24.3 Å². The van der Waals surface area contributed by atoms with Gasteiger partial charge < -0.3 is 9.84 Å². The molecule has 0 amide bonds. The lowest BCUT2D eigenvalue weighted by molar-refractivity contribution is 0.132. The minimum Gasteiger partial charge on any atom is -0.508 e. The van der Waals surface area contributed by atoms with E-state index in [-0.39, 0.29) is 0 Å². The molecular formula is C20H27N3O2. The number of hydrogen-bond donors (Lipinski definition) is 1. The summed E-state index contributed by atoms with van der Waals surface area (Å²) in [4.78, 5) is 11.3. The zero-order valence-corrected chi connectivity index (χ0v) is 14.9. The van der Waals surface area contributed by atoms with E-state index < -0.39 is 0 Å². The fourth-order valence-electron chi connectivity index (χ4n) is 3.54. The fourth-order valence-corrected chi connectivity index (χ4v) is 3.54. The van der Waals surface area contributed by atoms with Gasteiger partial charge in [-0.05, 0) is 49.9 Å². The Morgan fingerprint density at radius 2 is 2.04 bits per heavy atom. The van der Waals surface area contributed by atoms with E-state index in [1.54, 1.807) is 13.2 Å². The molecule has 1 atom stereocenters. The van der Waals surface area contributed by atoms with Gasteiger partial charge in [-0.2, -0.15) is 0 Å². The second-order valence-electron chi connectivity index (χ2n) is 6.77. The largest absolute Gasteiger partial charge is 0.508 e. The molecule has 1 fully saturated rings. The summed E-state index contributed by atoms with van der Waals surface area (Å²) >= 11 is 0. The van der Waals surface area contributed by atoms with E-state index in [1.165, 1.54) is 24.8 Å². The van der Waals surface area contributed by atoms with Crippen molar-refractivity contribution in [3.8, 4) is 5.75 Å². The standard InChI is InChI=1S/C20H27N3O2/c1-25-15-20-21-12-17(13-22-20)14-23-10-3-2-6-18(23)9-8-16-5-4-7-19(24)11-16/h4-5,7,11-13,18,24H,2-3,6,8-10,14-15H2,1H3/t18-/m1/s1. The Morgan fingerprint density at radius 1 is 1.20 bits per heavy atom.